The molecule has 20 heavy (non-hydrogen) atoms. The molecule has 0 spiro atoms. The van der Waals surface area contributed by atoms with Gasteiger partial charge in [0.15, 0.2) is 0 Å². The standard InChI is InChI=1S/C18H26N2/c1-15-12-16(2)14-20(13-15)11-3-4-17-5-7-18(8-6-17)9-10-19/h5-8,15-16H,3-4,9,11-14H2,1-2H3. The molecule has 1 aromatic rings. The molecule has 1 aliphatic rings. The number of nitrogens with zero attached hydrogens (tertiary/aromatic N) is 2. The highest BCUT2D eigenvalue weighted by atomic mass is 15.1. The Hall–Kier alpha value is -1.33. The molecule has 1 fully saturated rings. The first kappa shape index (κ1) is 15.1. The molecule has 2 atom stereocenters. The molecule has 0 N–H and O–H groups in total. The van der Waals surface area contributed by atoms with Crippen molar-refractivity contribution < 1.29 is 0 Å². The van der Waals surface area contributed by atoms with Crippen LogP contribution in [0.25, 0.3) is 0 Å². The number of benzene rings is 1. The van der Waals surface area contributed by atoms with Crippen molar-refractivity contribution in [3.05, 3.63) is 35.4 Å². The van der Waals surface area contributed by atoms with Crippen LogP contribution in [0.1, 0.15) is 37.8 Å². The van der Waals surface area contributed by atoms with Crippen molar-refractivity contribution in [2.24, 2.45) is 11.8 Å². The molecule has 0 aromatic heterocycles. The van der Waals surface area contributed by atoms with Gasteiger partial charge in [0, 0.05) is 13.1 Å². The van der Waals surface area contributed by atoms with Gasteiger partial charge in [-0.25, -0.2) is 0 Å². The van der Waals surface area contributed by atoms with Crippen molar-refractivity contribution in [3.8, 4) is 6.07 Å². The quantitative estimate of drug-likeness (QED) is 0.816. The van der Waals surface area contributed by atoms with Crippen LogP contribution in [0.15, 0.2) is 24.3 Å². The summed E-state index contributed by atoms with van der Waals surface area (Å²) in [7, 11) is 0. The van der Waals surface area contributed by atoms with E-state index in [4.69, 9.17) is 5.26 Å². The van der Waals surface area contributed by atoms with Crippen molar-refractivity contribution in [2.75, 3.05) is 19.6 Å². The van der Waals surface area contributed by atoms with Crippen LogP contribution in [-0.2, 0) is 12.8 Å². The second-order valence-electron chi connectivity index (χ2n) is 6.46. The Labute approximate surface area is 123 Å². The normalized spacial score (nSPS) is 23.4. The molecule has 2 unspecified atom stereocenters. The van der Waals surface area contributed by atoms with Crippen molar-refractivity contribution in [1.29, 1.82) is 5.26 Å². The fraction of sp³-hybridized carbons (Fsp3) is 0.611. The summed E-state index contributed by atoms with van der Waals surface area (Å²) >= 11 is 0. The van der Waals surface area contributed by atoms with E-state index in [1.165, 1.54) is 38.0 Å². The van der Waals surface area contributed by atoms with E-state index in [0.29, 0.717) is 6.42 Å². The average Bonchev–Trinajstić information content (AvgIpc) is 2.40. The van der Waals surface area contributed by atoms with Gasteiger partial charge in [-0.05, 0) is 48.8 Å². The van der Waals surface area contributed by atoms with Crippen LogP contribution in [-0.4, -0.2) is 24.5 Å². The van der Waals surface area contributed by atoms with E-state index in [1.54, 1.807) is 0 Å². The lowest BCUT2D eigenvalue weighted by atomic mass is 9.92. The van der Waals surface area contributed by atoms with E-state index < -0.39 is 0 Å². The number of hydrogen-bond donors (Lipinski definition) is 0. The number of likely N-dealkylation sites (tertiary alicyclic amines) is 1. The molecule has 1 aliphatic heterocycles. The summed E-state index contributed by atoms with van der Waals surface area (Å²) in [5.41, 5.74) is 2.51. The summed E-state index contributed by atoms with van der Waals surface area (Å²) in [5, 5.41) is 8.66. The Bertz CT molecular complexity index is 433. The van der Waals surface area contributed by atoms with E-state index >= 15 is 0 Å². The molecule has 0 bridgehead atoms. The van der Waals surface area contributed by atoms with Gasteiger partial charge in [0.25, 0.3) is 0 Å². The summed E-state index contributed by atoms with van der Waals surface area (Å²) < 4.78 is 0. The lowest BCUT2D eigenvalue weighted by Gasteiger charge is -2.34. The maximum atomic E-state index is 8.66. The number of rotatable bonds is 5. The number of nitriles is 1. The summed E-state index contributed by atoms with van der Waals surface area (Å²) in [6, 6.07) is 10.7. The molecule has 0 amide bonds. The number of piperidine rings is 1. The van der Waals surface area contributed by atoms with Gasteiger partial charge in [0.2, 0.25) is 0 Å². The van der Waals surface area contributed by atoms with E-state index in [1.807, 2.05) is 0 Å². The summed E-state index contributed by atoms with van der Waals surface area (Å²) in [6.07, 6.45) is 4.28. The highest BCUT2D eigenvalue weighted by Crippen LogP contribution is 2.21. The molecule has 2 heteroatoms. The zero-order valence-electron chi connectivity index (χ0n) is 12.8. The van der Waals surface area contributed by atoms with Crippen LogP contribution in [0.5, 0.6) is 0 Å². The molecule has 0 radical (unpaired) electrons. The number of hydrogen-bond acceptors (Lipinski definition) is 2. The topological polar surface area (TPSA) is 27.0 Å². The molecule has 1 aromatic carbocycles. The highest BCUT2D eigenvalue weighted by Gasteiger charge is 2.20. The van der Waals surface area contributed by atoms with Gasteiger partial charge in [-0.3, -0.25) is 0 Å². The molecule has 0 aliphatic carbocycles. The average molecular weight is 270 g/mol. The molecule has 1 saturated heterocycles. The van der Waals surface area contributed by atoms with Crippen molar-refractivity contribution in [1.82, 2.24) is 4.90 Å². The minimum Gasteiger partial charge on any atom is -0.303 e. The third-order valence-corrected chi connectivity index (χ3v) is 4.19. The van der Waals surface area contributed by atoms with Crippen LogP contribution in [0, 0.1) is 23.2 Å². The smallest absolute Gasteiger partial charge is 0.0669 e. The molecule has 0 saturated carbocycles. The Balaban J connectivity index is 1.74. The molecular weight excluding hydrogens is 244 g/mol. The third kappa shape index (κ3) is 4.65. The van der Waals surface area contributed by atoms with Crippen LogP contribution in [0.3, 0.4) is 0 Å². The first-order valence-corrected chi connectivity index (χ1v) is 7.84. The van der Waals surface area contributed by atoms with E-state index in [0.717, 1.165) is 23.8 Å². The van der Waals surface area contributed by atoms with Gasteiger partial charge in [-0.1, -0.05) is 38.1 Å². The highest BCUT2D eigenvalue weighted by molar-refractivity contribution is 5.24. The molecular formula is C18H26N2. The second-order valence-corrected chi connectivity index (χ2v) is 6.46. The maximum absolute atomic E-state index is 8.66. The van der Waals surface area contributed by atoms with Crippen molar-refractivity contribution in [3.63, 3.8) is 0 Å². The zero-order valence-corrected chi connectivity index (χ0v) is 12.8. The van der Waals surface area contributed by atoms with Crippen LogP contribution in [0.4, 0.5) is 0 Å². The summed E-state index contributed by atoms with van der Waals surface area (Å²) in [5.74, 6) is 1.70. The van der Waals surface area contributed by atoms with Gasteiger partial charge in [-0.2, -0.15) is 5.26 Å². The first-order valence-electron chi connectivity index (χ1n) is 7.84. The summed E-state index contributed by atoms with van der Waals surface area (Å²) in [4.78, 5) is 2.63. The molecule has 2 nitrogen and oxygen atoms in total. The number of aryl methyl sites for hydroxylation is 1. The fourth-order valence-corrected chi connectivity index (χ4v) is 3.40. The summed E-state index contributed by atoms with van der Waals surface area (Å²) in [6.45, 7) is 8.50. The van der Waals surface area contributed by atoms with Crippen LogP contribution >= 0.6 is 0 Å². The SMILES string of the molecule is CC1CC(C)CN(CCCc2ccc(CC#N)cc2)C1. The van der Waals surface area contributed by atoms with Crippen LogP contribution < -0.4 is 0 Å². The molecule has 1 heterocycles. The van der Waals surface area contributed by atoms with Crippen molar-refractivity contribution in [2.45, 2.75) is 39.5 Å². The van der Waals surface area contributed by atoms with E-state index in [-0.39, 0.29) is 0 Å². The van der Waals surface area contributed by atoms with Gasteiger partial charge in [-0.15, -0.1) is 0 Å². The van der Waals surface area contributed by atoms with Gasteiger partial charge >= 0.3 is 0 Å². The minimum absolute atomic E-state index is 0.518. The third-order valence-electron chi connectivity index (χ3n) is 4.19. The first-order chi connectivity index (χ1) is 9.67. The molecule has 108 valence electrons. The monoisotopic (exact) mass is 270 g/mol. The van der Waals surface area contributed by atoms with E-state index in [9.17, 15) is 0 Å². The Morgan fingerprint density at radius 3 is 2.30 bits per heavy atom. The minimum atomic E-state index is 0.518. The Morgan fingerprint density at radius 1 is 1.10 bits per heavy atom. The lowest BCUT2D eigenvalue weighted by Crippen LogP contribution is -2.39. The lowest BCUT2D eigenvalue weighted by molar-refractivity contribution is 0.140. The van der Waals surface area contributed by atoms with Gasteiger partial charge < -0.3 is 4.90 Å². The van der Waals surface area contributed by atoms with Crippen LogP contribution in [0.2, 0.25) is 0 Å². The molecule has 2 rings (SSSR count). The maximum Gasteiger partial charge on any atom is 0.0669 e. The van der Waals surface area contributed by atoms with E-state index in [2.05, 4.69) is 49.1 Å². The second kappa shape index (κ2) is 7.45. The largest absolute Gasteiger partial charge is 0.303 e. The predicted octanol–water partition coefficient (Wildman–Crippen LogP) is 3.66. The Kier molecular flexibility index (Phi) is 5.61. The van der Waals surface area contributed by atoms with Gasteiger partial charge in [0.05, 0.1) is 12.5 Å². The predicted molar refractivity (Wildman–Crippen MR) is 83.5 cm³/mol. The Morgan fingerprint density at radius 2 is 1.70 bits per heavy atom. The zero-order chi connectivity index (χ0) is 14.4. The van der Waals surface area contributed by atoms with Gasteiger partial charge in [0.1, 0.15) is 0 Å². The van der Waals surface area contributed by atoms with Crippen molar-refractivity contribution >= 4 is 0 Å². The fourth-order valence-electron chi connectivity index (χ4n) is 3.40.